The van der Waals surface area contributed by atoms with E-state index in [1.165, 1.54) is 0 Å². The Bertz CT molecular complexity index is 344. The van der Waals surface area contributed by atoms with Crippen LogP contribution < -0.4 is 10.5 Å². The molecule has 0 aliphatic carbocycles. The standard InChI is InChI=1S/C13H21NO2S/c1-9(2)13(14)12(8-15)17-11-7-5-4-6-10(11)16-3/h4-7,9,12-13,15H,8,14H2,1-3H3. The Balaban J connectivity index is 2.80. The Morgan fingerprint density at radius 1 is 1.35 bits per heavy atom. The third kappa shape index (κ3) is 3.91. The second-order valence-corrected chi connectivity index (χ2v) is 5.59. The summed E-state index contributed by atoms with van der Waals surface area (Å²) >= 11 is 1.58. The fourth-order valence-corrected chi connectivity index (χ4v) is 2.84. The first-order valence-corrected chi connectivity index (χ1v) is 6.64. The summed E-state index contributed by atoms with van der Waals surface area (Å²) in [6.45, 7) is 4.20. The predicted octanol–water partition coefficient (Wildman–Crippen LogP) is 2.13. The number of para-hydroxylation sites is 1. The van der Waals surface area contributed by atoms with E-state index < -0.39 is 0 Å². The van der Waals surface area contributed by atoms with Crippen molar-refractivity contribution in [1.82, 2.24) is 0 Å². The van der Waals surface area contributed by atoms with Gasteiger partial charge in [0.2, 0.25) is 0 Å². The molecule has 3 nitrogen and oxygen atoms in total. The molecule has 0 bridgehead atoms. The summed E-state index contributed by atoms with van der Waals surface area (Å²) < 4.78 is 5.29. The summed E-state index contributed by atoms with van der Waals surface area (Å²) in [7, 11) is 1.65. The molecular weight excluding hydrogens is 234 g/mol. The lowest BCUT2D eigenvalue weighted by atomic mass is 10.0. The van der Waals surface area contributed by atoms with Crippen molar-refractivity contribution in [2.75, 3.05) is 13.7 Å². The number of ether oxygens (including phenoxy) is 1. The Kier molecular flexibility index (Phi) is 5.82. The zero-order valence-electron chi connectivity index (χ0n) is 10.6. The van der Waals surface area contributed by atoms with Crippen LogP contribution in [0, 0.1) is 5.92 Å². The summed E-state index contributed by atoms with van der Waals surface area (Å²) in [5.41, 5.74) is 6.09. The molecule has 0 aliphatic rings. The molecule has 0 spiro atoms. The van der Waals surface area contributed by atoms with E-state index in [4.69, 9.17) is 10.5 Å². The van der Waals surface area contributed by atoms with Gasteiger partial charge in [-0.3, -0.25) is 0 Å². The van der Waals surface area contributed by atoms with Gasteiger partial charge in [-0.2, -0.15) is 0 Å². The Labute approximate surface area is 107 Å². The van der Waals surface area contributed by atoms with Crippen molar-refractivity contribution in [3.63, 3.8) is 0 Å². The molecule has 96 valence electrons. The molecule has 0 heterocycles. The van der Waals surface area contributed by atoms with Crippen LogP contribution in [0.3, 0.4) is 0 Å². The molecule has 0 fully saturated rings. The normalized spacial score (nSPS) is 14.7. The molecule has 0 radical (unpaired) electrons. The SMILES string of the molecule is COc1ccccc1SC(CO)C(N)C(C)C. The number of hydrogen-bond donors (Lipinski definition) is 2. The van der Waals surface area contributed by atoms with Crippen molar-refractivity contribution >= 4 is 11.8 Å². The Hall–Kier alpha value is -0.710. The maximum atomic E-state index is 9.43. The number of aliphatic hydroxyl groups excluding tert-OH is 1. The van der Waals surface area contributed by atoms with E-state index in [0.29, 0.717) is 5.92 Å². The van der Waals surface area contributed by atoms with Gasteiger partial charge in [-0.25, -0.2) is 0 Å². The van der Waals surface area contributed by atoms with Crippen molar-refractivity contribution in [2.24, 2.45) is 11.7 Å². The van der Waals surface area contributed by atoms with Gasteiger partial charge in [-0.1, -0.05) is 26.0 Å². The summed E-state index contributed by atoms with van der Waals surface area (Å²) in [6, 6.07) is 7.76. The molecule has 4 heteroatoms. The molecule has 2 unspecified atom stereocenters. The summed E-state index contributed by atoms with van der Waals surface area (Å²) in [6.07, 6.45) is 0. The van der Waals surface area contributed by atoms with Gasteiger partial charge in [0.25, 0.3) is 0 Å². The van der Waals surface area contributed by atoms with Crippen LogP contribution >= 0.6 is 11.8 Å². The maximum Gasteiger partial charge on any atom is 0.132 e. The van der Waals surface area contributed by atoms with Gasteiger partial charge < -0.3 is 15.6 Å². The minimum absolute atomic E-state index is 0.00806. The van der Waals surface area contributed by atoms with Crippen LogP contribution in [0.2, 0.25) is 0 Å². The lowest BCUT2D eigenvalue weighted by Crippen LogP contribution is -2.39. The van der Waals surface area contributed by atoms with Crippen molar-refractivity contribution < 1.29 is 9.84 Å². The van der Waals surface area contributed by atoms with Crippen molar-refractivity contribution in [1.29, 1.82) is 0 Å². The molecule has 17 heavy (non-hydrogen) atoms. The molecular formula is C13H21NO2S. The third-order valence-electron chi connectivity index (χ3n) is 2.73. The highest BCUT2D eigenvalue weighted by Gasteiger charge is 2.22. The van der Waals surface area contributed by atoms with E-state index in [9.17, 15) is 5.11 Å². The number of aliphatic hydroxyl groups is 1. The average Bonchev–Trinajstić information content (AvgIpc) is 2.35. The molecule has 0 aromatic heterocycles. The number of methoxy groups -OCH3 is 1. The van der Waals surface area contributed by atoms with Gasteiger partial charge >= 0.3 is 0 Å². The largest absolute Gasteiger partial charge is 0.496 e. The van der Waals surface area contributed by atoms with Gasteiger partial charge in [0.05, 0.1) is 13.7 Å². The Morgan fingerprint density at radius 2 is 2.00 bits per heavy atom. The number of rotatable bonds is 6. The van der Waals surface area contributed by atoms with Crippen molar-refractivity contribution in [3.05, 3.63) is 24.3 Å². The minimum Gasteiger partial charge on any atom is -0.496 e. The van der Waals surface area contributed by atoms with Crippen molar-refractivity contribution in [2.45, 2.75) is 30.0 Å². The van der Waals surface area contributed by atoms with E-state index in [1.807, 2.05) is 24.3 Å². The quantitative estimate of drug-likeness (QED) is 0.765. The predicted molar refractivity (Wildman–Crippen MR) is 72.5 cm³/mol. The number of benzene rings is 1. The lowest BCUT2D eigenvalue weighted by molar-refractivity contribution is 0.269. The van der Waals surface area contributed by atoms with Gasteiger partial charge in [0, 0.05) is 16.2 Å². The van der Waals surface area contributed by atoms with E-state index in [1.54, 1.807) is 18.9 Å². The molecule has 0 saturated carbocycles. The number of hydrogen-bond acceptors (Lipinski definition) is 4. The topological polar surface area (TPSA) is 55.5 Å². The Morgan fingerprint density at radius 3 is 2.53 bits per heavy atom. The minimum atomic E-state index is -0.0325. The highest BCUT2D eigenvalue weighted by molar-refractivity contribution is 8.00. The monoisotopic (exact) mass is 255 g/mol. The van der Waals surface area contributed by atoms with E-state index in [0.717, 1.165) is 10.6 Å². The second kappa shape index (κ2) is 6.89. The smallest absolute Gasteiger partial charge is 0.132 e. The molecule has 1 aromatic carbocycles. The van der Waals surface area contributed by atoms with Crippen LogP contribution in [-0.4, -0.2) is 30.1 Å². The molecule has 2 atom stereocenters. The first kappa shape index (κ1) is 14.4. The highest BCUT2D eigenvalue weighted by Crippen LogP contribution is 2.33. The fraction of sp³-hybridized carbons (Fsp3) is 0.538. The maximum absolute atomic E-state index is 9.43. The first-order valence-electron chi connectivity index (χ1n) is 5.76. The van der Waals surface area contributed by atoms with Crippen LogP contribution in [0.4, 0.5) is 0 Å². The highest BCUT2D eigenvalue weighted by atomic mass is 32.2. The van der Waals surface area contributed by atoms with Crippen LogP contribution in [0.15, 0.2) is 29.2 Å². The van der Waals surface area contributed by atoms with Crippen LogP contribution in [0.25, 0.3) is 0 Å². The van der Waals surface area contributed by atoms with Crippen LogP contribution in [0.1, 0.15) is 13.8 Å². The van der Waals surface area contributed by atoms with Gasteiger partial charge in [0.15, 0.2) is 0 Å². The van der Waals surface area contributed by atoms with Gasteiger partial charge in [-0.15, -0.1) is 11.8 Å². The molecule has 1 rings (SSSR count). The van der Waals surface area contributed by atoms with Crippen LogP contribution in [0.5, 0.6) is 5.75 Å². The van der Waals surface area contributed by atoms with E-state index in [2.05, 4.69) is 13.8 Å². The second-order valence-electron chi connectivity index (χ2n) is 4.31. The van der Waals surface area contributed by atoms with Gasteiger partial charge in [-0.05, 0) is 18.1 Å². The lowest BCUT2D eigenvalue weighted by Gasteiger charge is -2.25. The molecule has 0 aliphatic heterocycles. The number of thioether (sulfide) groups is 1. The molecule has 0 amide bonds. The summed E-state index contributed by atoms with van der Waals surface area (Å²) in [5, 5.41) is 9.42. The molecule has 0 saturated heterocycles. The zero-order chi connectivity index (χ0) is 12.8. The molecule has 3 N–H and O–H groups in total. The molecule has 1 aromatic rings. The zero-order valence-corrected chi connectivity index (χ0v) is 11.4. The third-order valence-corrected chi connectivity index (χ3v) is 4.08. The van der Waals surface area contributed by atoms with Crippen LogP contribution in [-0.2, 0) is 0 Å². The summed E-state index contributed by atoms with van der Waals surface area (Å²) in [4.78, 5) is 1.02. The fourth-order valence-electron chi connectivity index (χ4n) is 1.55. The number of nitrogens with two attached hydrogens (primary N) is 1. The van der Waals surface area contributed by atoms with E-state index >= 15 is 0 Å². The summed E-state index contributed by atoms with van der Waals surface area (Å²) in [5.74, 6) is 1.17. The van der Waals surface area contributed by atoms with Crippen molar-refractivity contribution in [3.8, 4) is 5.75 Å². The first-order chi connectivity index (χ1) is 8.10. The van der Waals surface area contributed by atoms with E-state index in [-0.39, 0.29) is 17.9 Å². The average molecular weight is 255 g/mol. The van der Waals surface area contributed by atoms with Gasteiger partial charge in [0.1, 0.15) is 5.75 Å².